The summed E-state index contributed by atoms with van der Waals surface area (Å²) >= 11 is 0. The second kappa shape index (κ2) is 11.7. The summed E-state index contributed by atoms with van der Waals surface area (Å²) in [5, 5.41) is 17.2. The summed E-state index contributed by atoms with van der Waals surface area (Å²) in [6, 6.07) is 17.8. The average molecular weight is 530 g/mol. The highest BCUT2D eigenvalue weighted by atomic mass is 32.2. The van der Waals surface area contributed by atoms with Crippen LogP contribution in [0, 0.1) is 11.3 Å². The molecule has 0 saturated carbocycles. The topological polar surface area (TPSA) is 126 Å². The largest absolute Gasteiger partial charge is 0.351 e. The molecule has 2 aromatic carbocycles. The van der Waals surface area contributed by atoms with Crippen molar-refractivity contribution in [3.05, 3.63) is 90.7 Å². The maximum atomic E-state index is 12.8. The Kier molecular flexibility index (Phi) is 8.15. The van der Waals surface area contributed by atoms with E-state index in [0.717, 1.165) is 9.99 Å². The molecule has 0 aliphatic heterocycles. The van der Waals surface area contributed by atoms with Crippen LogP contribution in [0.15, 0.2) is 90.0 Å². The van der Waals surface area contributed by atoms with Gasteiger partial charge in [-0.25, -0.2) is 22.4 Å². The predicted molar refractivity (Wildman–Crippen MR) is 143 cm³/mol. The molecule has 0 atom stereocenters. The first-order valence-electron chi connectivity index (χ1n) is 11.8. The lowest BCUT2D eigenvalue weighted by Crippen LogP contribution is -2.26. The van der Waals surface area contributed by atoms with Gasteiger partial charge in [-0.15, -0.1) is 0 Å². The molecular weight excluding hydrogens is 502 g/mol. The van der Waals surface area contributed by atoms with Crippen LogP contribution < -0.4 is 5.32 Å². The molecule has 0 aliphatic rings. The predicted octanol–water partition coefficient (Wildman–Crippen LogP) is 3.10. The van der Waals surface area contributed by atoms with Crippen LogP contribution in [0.25, 0.3) is 23.0 Å². The summed E-state index contributed by atoms with van der Waals surface area (Å²) in [4.78, 5) is 16.9. The van der Waals surface area contributed by atoms with E-state index in [0.29, 0.717) is 36.3 Å². The molecule has 194 valence electrons. The van der Waals surface area contributed by atoms with Crippen molar-refractivity contribution in [1.82, 2.24) is 29.0 Å². The first-order chi connectivity index (χ1) is 18.3. The number of sulfonamides is 1. The van der Waals surface area contributed by atoms with E-state index in [4.69, 9.17) is 0 Å². The van der Waals surface area contributed by atoms with E-state index in [-0.39, 0.29) is 10.5 Å². The van der Waals surface area contributed by atoms with Crippen molar-refractivity contribution in [2.75, 3.05) is 20.6 Å². The zero-order valence-corrected chi connectivity index (χ0v) is 21.8. The number of hydrogen-bond acceptors (Lipinski definition) is 6. The van der Waals surface area contributed by atoms with Crippen molar-refractivity contribution in [3.63, 3.8) is 0 Å². The van der Waals surface area contributed by atoms with Gasteiger partial charge in [-0.1, -0.05) is 30.3 Å². The molecule has 0 aliphatic carbocycles. The Labute approximate surface area is 221 Å². The van der Waals surface area contributed by atoms with E-state index < -0.39 is 15.9 Å². The van der Waals surface area contributed by atoms with Gasteiger partial charge < -0.3 is 9.88 Å². The molecule has 4 rings (SSSR count). The minimum Gasteiger partial charge on any atom is -0.351 e. The quantitative estimate of drug-likeness (QED) is 0.191. The lowest BCUT2D eigenvalue weighted by molar-refractivity contribution is -0.117. The molecule has 10 nitrogen and oxygen atoms in total. The number of aryl methyl sites for hydroxylation is 1. The van der Waals surface area contributed by atoms with Gasteiger partial charge in [0.05, 0.1) is 16.9 Å². The van der Waals surface area contributed by atoms with Crippen LogP contribution in [0.2, 0.25) is 0 Å². The first-order valence-corrected chi connectivity index (χ1v) is 13.3. The Morgan fingerprint density at radius 1 is 1.16 bits per heavy atom. The Morgan fingerprint density at radius 2 is 1.95 bits per heavy atom. The lowest BCUT2D eigenvalue weighted by atomic mass is 10.1. The number of para-hydroxylation sites is 1. The van der Waals surface area contributed by atoms with E-state index in [1.54, 1.807) is 35.5 Å². The van der Waals surface area contributed by atoms with Crippen LogP contribution in [-0.2, 0) is 21.4 Å². The summed E-state index contributed by atoms with van der Waals surface area (Å²) in [5.41, 5.74) is 2.15. The van der Waals surface area contributed by atoms with Gasteiger partial charge in [-0.3, -0.25) is 4.79 Å². The first kappa shape index (κ1) is 26.5. The van der Waals surface area contributed by atoms with Gasteiger partial charge in [-0.2, -0.15) is 10.4 Å². The van der Waals surface area contributed by atoms with Crippen molar-refractivity contribution in [1.29, 1.82) is 5.26 Å². The number of carbonyl (C=O) groups excluding carboxylic acids is 1. The van der Waals surface area contributed by atoms with Gasteiger partial charge in [0.25, 0.3) is 5.91 Å². The van der Waals surface area contributed by atoms with Crippen molar-refractivity contribution in [3.8, 4) is 23.0 Å². The molecule has 2 heterocycles. The molecule has 0 bridgehead atoms. The van der Waals surface area contributed by atoms with E-state index >= 15 is 0 Å². The summed E-state index contributed by atoms with van der Waals surface area (Å²) in [6.45, 7) is 1.07. The monoisotopic (exact) mass is 529 g/mol. The Balaban J connectivity index is 1.67. The summed E-state index contributed by atoms with van der Waals surface area (Å²) in [6.07, 6.45) is 9.08. The Morgan fingerprint density at radius 3 is 2.63 bits per heavy atom. The van der Waals surface area contributed by atoms with Crippen LogP contribution >= 0.6 is 0 Å². The van der Waals surface area contributed by atoms with Gasteiger partial charge in [0.15, 0.2) is 0 Å². The molecule has 4 aromatic rings. The Hall–Kier alpha value is -4.53. The number of hydrogen-bond donors (Lipinski definition) is 1. The maximum absolute atomic E-state index is 12.8. The summed E-state index contributed by atoms with van der Waals surface area (Å²) < 4.78 is 30.1. The summed E-state index contributed by atoms with van der Waals surface area (Å²) in [5.74, 6) is -0.500. The van der Waals surface area contributed by atoms with E-state index in [9.17, 15) is 18.5 Å². The highest BCUT2D eigenvalue weighted by Gasteiger charge is 2.20. The summed E-state index contributed by atoms with van der Waals surface area (Å²) in [7, 11) is -0.743. The van der Waals surface area contributed by atoms with E-state index in [2.05, 4.69) is 15.4 Å². The van der Waals surface area contributed by atoms with Gasteiger partial charge in [0.2, 0.25) is 10.0 Å². The number of imidazole rings is 1. The third-order valence-electron chi connectivity index (χ3n) is 5.75. The second-order valence-electron chi connectivity index (χ2n) is 8.61. The van der Waals surface area contributed by atoms with Crippen LogP contribution in [-0.4, -0.2) is 58.6 Å². The van der Waals surface area contributed by atoms with Crippen molar-refractivity contribution < 1.29 is 13.2 Å². The van der Waals surface area contributed by atoms with Crippen LogP contribution in [0.1, 0.15) is 12.0 Å². The SMILES string of the molecule is CN(C)S(=O)(=O)c1cccc(-c2nn(-c3ccccc3)cc2/C=C(\C#N)C(=O)NCCCn2ccnc2)c1. The van der Waals surface area contributed by atoms with Gasteiger partial charge in [-0.05, 0) is 36.8 Å². The molecule has 0 spiro atoms. The molecule has 0 radical (unpaired) electrons. The number of nitrogens with one attached hydrogen (secondary N) is 1. The van der Waals surface area contributed by atoms with Crippen molar-refractivity contribution >= 4 is 22.0 Å². The molecular formula is C27H27N7O3S. The van der Waals surface area contributed by atoms with E-state index in [1.165, 1.54) is 32.3 Å². The molecule has 0 saturated heterocycles. The van der Waals surface area contributed by atoms with Crippen molar-refractivity contribution in [2.24, 2.45) is 0 Å². The third kappa shape index (κ3) is 6.05. The molecule has 38 heavy (non-hydrogen) atoms. The minimum absolute atomic E-state index is 0.0847. The fourth-order valence-electron chi connectivity index (χ4n) is 3.73. The van der Waals surface area contributed by atoms with Crippen LogP contribution in [0.3, 0.4) is 0 Å². The van der Waals surface area contributed by atoms with Gasteiger partial charge in [0, 0.05) is 56.9 Å². The normalized spacial score (nSPS) is 11.9. The number of benzene rings is 2. The fourth-order valence-corrected chi connectivity index (χ4v) is 4.67. The van der Waals surface area contributed by atoms with Crippen LogP contribution in [0.4, 0.5) is 0 Å². The number of nitriles is 1. The third-order valence-corrected chi connectivity index (χ3v) is 7.56. The maximum Gasteiger partial charge on any atom is 0.261 e. The highest BCUT2D eigenvalue weighted by molar-refractivity contribution is 7.89. The number of carbonyl (C=O) groups is 1. The zero-order valence-electron chi connectivity index (χ0n) is 21.0. The number of nitrogens with zero attached hydrogens (tertiary/aromatic N) is 6. The number of rotatable bonds is 10. The average Bonchev–Trinajstić information content (AvgIpc) is 3.60. The molecule has 0 unspecified atom stereocenters. The van der Waals surface area contributed by atoms with Gasteiger partial charge in [0.1, 0.15) is 17.3 Å². The van der Waals surface area contributed by atoms with Crippen LogP contribution in [0.5, 0.6) is 0 Å². The second-order valence-corrected chi connectivity index (χ2v) is 10.8. The molecule has 11 heteroatoms. The molecule has 2 aromatic heterocycles. The smallest absolute Gasteiger partial charge is 0.261 e. The molecule has 1 N–H and O–H groups in total. The number of amides is 1. The molecule has 0 fully saturated rings. The van der Waals surface area contributed by atoms with Crippen molar-refractivity contribution in [2.45, 2.75) is 17.9 Å². The number of aromatic nitrogens is 4. The lowest BCUT2D eigenvalue weighted by Gasteiger charge is -2.12. The Bertz CT molecular complexity index is 1580. The van der Waals surface area contributed by atoms with E-state index in [1.807, 2.05) is 47.2 Å². The minimum atomic E-state index is -3.67. The standard InChI is InChI=1S/C27H27N7O3S/c1-32(2)38(36,37)25-11-6-8-21(17-25)26-23(19-34(31-26)24-9-4-3-5-10-24)16-22(18-28)27(35)30-12-7-14-33-15-13-29-20-33/h3-6,8-11,13,15-17,19-20H,7,12,14H2,1-2H3,(H,30,35)/b22-16+. The van der Waals surface area contributed by atoms with Gasteiger partial charge >= 0.3 is 0 Å². The highest BCUT2D eigenvalue weighted by Crippen LogP contribution is 2.28. The fraction of sp³-hybridized carbons (Fsp3) is 0.185. The molecule has 1 amide bonds. The zero-order chi connectivity index (χ0) is 27.1.